The highest BCUT2D eigenvalue weighted by molar-refractivity contribution is 7.15. The van der Waals surface area contributed by atoms with Crippen molar-refractivity contribution in [3.05, 3.63) is 40.4 Å². The van der Waals surface area contributed by atoms with Gasteiger partial charge in [0.25, 0.3) is 0 Å². The number of nitrogens with two attached hydrogens (primary N) is 1. The molecule has 0 aliphatic heterocycles. The van der Waals surface area contributed by atoms with Gasteiger partial charge in [0, 0.05) is 6.42 Å². The van der Waals surface area contributed by atoms with Gasteiger partial charge in [-0.25, -0.2) is 0 Å². The van der Waals surface area contributed by atoms with Crippen LogP contribution in [0.15, 0.2) is 24.3 Å². The fourth-order valence-corrected chi connectivity index (χ4v) is 2.28. The van der Waals surface area contributed by atoms with Crippen LogP contribution in [0.5, 0.6) is 0 Å². The van der Waals surface area contributed by atoms with Gasteiger partial charge in [0.05, 0.1) is 5.54 Å². The molecule has 0 saturated carbocycles. The van der Waals surface area contributed by atoms with E-state index in [1.54, 1.807) is 13.8 Å². The lowest BCUT2D eigenvalue weighted by atomic mass is 10.1. The number of aromatic nitrogens is 2. The molecule has 5 nitrogen and oxygen atoms in total. The summed E-state index contributed by atoms with van der Waals surface area (Å²) in [7, 11) is 0. The Balaban J connectivity index is 0.00000220. The zero-order chi connectivity index (χ0) is 14.8. The molecular formula is C14H19ClN4OS. The summed E-state index contributed by atoms with van der Waals surface area (Å²) in [6.45, 7) is 5.35. The van der Waals surface area contributed by atoms with Crippen molar-refractivity contribution in [1.82, 2.24) is 10.2 Å². The summed E-state index contributed by atoms with van der Waals surface area (Å²) in [5, 5.41) is 12.1. The van der Waals surface area contributed by atoms with E-state index in [1.807, 2.05) is 0 Å². The molecule has 0 aliphatic rings. The van der Waals surface area contributed by atoms with Crippen molar-refractivity contribution in [2.24, 2.45) is 5.73 Å². The molecule has 0 atom stereocenters. The van der Waals surface area contributed by atoms with Gasteiger partial charge >= 0.3 is 0 Å². The molecule has 3 N–H and O–H groups in total. The third kappa shape index (κ3) is 5.08. The van der Waals surface area contributed by atoms with Crippen LogP contribution in [0.1, 0.15) is 30.0 Å². The Hall–Kier alpha value is -1.50. The van der Waals surface area contributed by atoms with Crippen molar-refractivity contribution in [2.75, 3.05) is 5.32 Å². The van der Waals surface area contributed by atoms with Crippen molar-refractivity contribution in [1.29, 1.82) is 0 Å². The summed E-state index contributed by atoms with van der Waals surface area (Å²) in [6, 6.07) is 8.27. The highest BCUT2D eigenvalue weighted by Crippen LogP contribution is 2.19. The van der Waals surface area contributed by atoms with Crippen LogP contribution in [0.25, 0.3) is 0 Å². The molecule has 0 bridgehead atoms. The van der Waals surface area contributed by atoms with Gasteiger partial charge in [-0.05, 0) is 26.3 Å². The van der Waals surface area contributed by atoms with Crippen molar-refractivity contribution in [3.63, 3.8) is 0 Å². The van der Waals surface area contributed by atoms with Gasteiger partial charge in [0.15, 0.2) is 0 Å². The third-order valence-electron chi connectivity index (χ3n) is 2.75. The molecule has 2 rings (SSSR count). The maximum absolute atomic E-state index is 11.7. The first-order valence-electron chi connectivity index (χ1n) is 6.33. The van der Waals surface area contributed by atoms with E-state index < -0.39 is 5.54 Å². The van der Waals surface area contributed by atoms with Crippen molar-refractivity contribution < 1.29 is 4.79 Å². The van der Waals surface area contributed by atoms with Crippen molar-refractivity contribution in [2.45, 2.75) is 32.7 Å². The number of nitrogens with one attached hydrogen (secondary N) is 1. The number of rotatable bonds is 4. The molecule has 0 aliphatic carbocycles. The number of aryl methyl sites for hydroxylation is 1. The molecule has 114 valence electrons. The monoisotopic (exact) mass is 326 g/mol. The molecule has 21 heavy (non-hydrogen) atoms. The summed E-state index contributed by atoms with van der Waals surface area (Å²) < 4.78 is 0. The molecule has 0 fully saturated rings. The van der Waals surface area contributed by atoms with Gasteiger partial charge in [-0.15, -0.1) is 22.6 Å². The van der Waals surface area contributed by atoms with E-state index in [-0.39, 0.29) is 18.3 Å². The summed E-state index contributed by atoms with van der Waals surface area (Å²) in [5.74, 6) is -0.268. The van der Waals surface area contributed by atoms with E-state index in [0.717, 1.165) is 5.01 Å². The molecule has 1 heterocycles. The van der Waals surface area contributed by atoms with E-state index in [9.17, 15) is 4.79 Å². The standard InChI is InChI=1S/C14H18N4OS.ClH/c1-9-4-6-10(7-5-9)8-11-17-18-13(20-11)16-12(19)14(2,3)15;/h4-7H,8,15H2,1-3H3,(H,16,18,19);1H. The fraction of sp³-hybridized carbons (Fsp3) is 0.357. The van der Waals surface area contributed by atoms with Crippen LogP contribution in [0.3, 0.4) is 0 Å². The Morgan fingerprint density at radius 3 is 2.48 bits per heavy atom. The summed E-state index contributed by atoms with van der Waals surface area (Å²) in [4.78, 5) is 11.7. The largest absolute Gasteiger partial charge is 0.318 e. The second-order valence-corrected chi connectivity index (χ2v) is 6.40. The number of carbonyl (C=O) groups excluding carboxylic acids is 1. The lowest BCUT2D eigenvalue weighted by Crippen LogP contribution is -2.45. The van der Waals surface area contributed by atoms with Crippen LogP contribution >= 0.6 is 23.7 Å². The Labute approximate surface area is 134 Å². The van der Waals surface area contributed by atoms with Crippen LogP contribution in [0, 0.1) is 6.92 Å². The number of halogens is 1. The molecule has 1 aromatic carbocycles. The topological polar surface area (TPSA) is 80.9 Å². The van der Waals surface area contributed by atoms with Crippen LogP contribution in [-0.2, 0) is 11.2 Å². The number of benzene rings is 1. The smallest absolute Gasteiger partial charge is 0.245 e. The maximum Gasteiger partial charge on any atom is 0.245 e. The minimum atomic E-state index is -0.928. The van der Waals surface area contributed by atoms with Crippen LogP contribution in [0.2, 0.25) is 0 Å². The summed E-state index contributed by atoms with van der Waals surface area (Å²) in [5.41, 5.74) is 7.18. The van der Waals surface area contributed by atoms with Crippen molar-refractivity contribution in [3.8, 4) is 0 Å². The van der Waals surface area contributed by atoms with Crippen LogP contribution < -0.4 is 11.1 Å². The van der Waals surface area contributed by atoms with Gasteiger partial charge in [0.2, 0.25) is 11.0 Å². The minimum absolute atomic E-state index is 0. The quantitative estimate of drug-likeness (QED) is 0.904. The predicted molar refractivity (Wildman–Crippen MR) is 88.0 cm³/mol. The number of hydrogen-bond acceptors (Lipinski definition) is 5. The Kier molecular flexibility index (Phi) is 5.83. The molecule has 2 aromatic rings. The first-order valence-corrected chi connectivity index (χ1v) is 7.14. The molecule has 0 radical (unpaired) electrons. The lowest BCUT2D eigenvalue weighted by Gasteiger charge is -2.15. The normalized spacial score (nSPS) is 10.9. The summed E-state index contributed by atoms with van der Waals surface area (Å²) in [6.07, 6.45) is 0.708. The van der Waals surface area contributed by atoms with Gasteiger partial charge in [-0.2, -0.15) is 0 Å². The van der Waals surface area contributed by atoms with Crippen LogP contribution in [0.4, 0.5) is 5.13 Å². The zero-order valence-corrected chi connectivity index (χ0v) is 13.8. The van der Waals surface area contributed by atoms with E-state index in [2.05, 4.69) is 46.7 Å². The summed E-state index contributed by atoms with van der Waals surface area (Å²) >= 11 is 1.37. The van der Waals surface area contributed by atoms with E-state index in [1.165, 1.54) is 22.5 Å². The minimum Gasteiger partial charge on any atom is -0.318 e. The van der Waals surface area contributed by atoms with Gasteiger partial charge in [-0.1, -0.05) is 41.2 Å². The molecule has 0 unspecified atom stereocenters. The number of amides is 1. The highest BCUT2D eigenvalue weighted by Gasteiger charge is 2.23. The SMILES string of the molecule is Cc1ccc(Cc2nnc(NC(=O)C(C)(C)N)s2)cc1.Cl. The fourth-order valence-electron chi connectivity index (χ4n) is 1.51. The van der Waals surface area contributed by atoms with E-state index in [0.29, 0.717) is 11.6 Å². The second-order valence-electron chi connectivity index (χ2n) is 5.34. The first kappa shape index (κ1) is 17.6. The zero-order valence-electron chi connectivity index (χ0n) is 12.2. The van der Waals surface area contributed by atoms with E-state index >= 15 is 0 Å². The van der Waals surface area contributed by atoms with Gasteiger partial charge in [-0.3, -0.25) is 10.1 Å². The van der Waals surface area contributed by atoms with Gasteiger partial charge in [0.1, 0.15) is 5.01 Å². The molecule has 1 amide bonds. The Morgan fingerprint density at radius 2 is 1.90 bits per heavy atom. The predicted octanol–water partition coefficient (Wildman–Crippen LogP) is 2.53. The second kappa shape index (κ2) is 6.98. The molecule has 0 saturated heterocycles. The number of nitrogens with zero attached hydrogens (tertiary/aromatic N) is 2. The Morgan fingerprint density at radius 1 is 1.29 bits per heavy atom. The van der Waals surface area contributed by atoms with E-state index in [4.69, 9.17) is 5.73 Å². The number of hydrogen-bond donors (Lipinski definition) is 2. The maximum atomic E-state index is 11.7. The number of anilines is 1. The van der Waals surface area contributed by atoms with Gasteiger partial charge < -0.3 is 5.73 Å². The number of carbonyl (C=O) groups is 1. The highest BCUT2D eigenvalue weighted by atomic mass is 35.5. The molecule has 0 spiro atoms. The Bertz CT molecular complexity index is 604. The lowest BCUT2D eigenvalue weighted by molar-refractivity contribution is -0.120. The molecular weight excluding hydrogens is 308 g/mol. The van der Waals surface area contributed by atoms with Crippen molar-refractivity contribution >= 4 is 34.8 Å². The third-order valence-corrected chi connectivity index (χ3v) is 3.59. The average molecular weight is 327 g/mol. The first-order chi connectivity index (χ1) is 9.34. The molecule has 7 heteroatoms. The molecule has 1 aromatic heterocycles. The van der Waals surface area contributed by atoms with Crippen LogP contribution in [-0.4, -0.2) is 21.6 Å². The average Bonchev–Trinajstić information content (AvgIpc) is 2.78.